The topological polar surface area (TPSA) is 65.1 Å². The number of hydrogen-bond acceptors (Lipinski definition) is 4. The Kier molecular flexibility index (Phi) is 6.10. The van der Waals surface area contributed by atoms with Crippen LogP contribution in [-0.2, 0) is 9.53 Å². The van der Waals surface area contributed by atoms with Gasteiger partial charge in [0, 0.05) is 39.3 Å². The highest BCUT2D eigenvalue weighted by Crippen LogP contribution is 2.29. The van der Waals surface area contributed by atoms with Crippen molar-refractivity contribution in [1.82, 2.24) is 20.0 Å². The summed E-state index contributed by atoms with van der Waals surface area (Å²) in [5.74, 6) is -0.0953. The molecular formula is C25H30N4O3. The fourth-order valence-corrected chi connectivity index (χ4v) is 5.13. The van der Waals surface area contributed by atoms with Crippen LogP contribution in [0.25, 0.3) is 0 Å². The van der Waals surface area contributed by atoms with Crippen LogP contribution in [0.15, 0.2) is 60.7 Å². The first-order chi connectivity index (χ1) is 15.7. The van der Waals surface area contributed by atoms with Crippen LogP contribution in [0.5, 0.6) is 0 Å². The second kappa shape index (κ2) is 9.30. The second-order valence-electron chi connectivity index (χ2n) is 8.79. The van der Waals surface area contributed by atoms with E-state index in [1.165, 1.54) is 11.1 Å². The molecule has 2 atom stereocenters. The van der Waals surface area contributed by atoms with Crippen LogP contribution in [-0.4, -0.2) is 84.7 Å². The van der Waals surface area contributed by atoms with E-state index in [1.807, 2.05) is 21.9 Å². The first kappa shape index (κ1) is 21.0. The zero-order chi connectivity index (χ0) is 21.9. The van der Waals surface area contributed by atoms with Gasteiger partial charge >= 0.3 is 6.03 Å². The van der Waals surface area contributed by atoms with Crippen LogP contribution in [0.2, 0.25) is 0 Å². The van der Waals surface area contributed by atoms with E-state index in [1.54, 1.807) is 0 Å². The van der Waals surface area contributed by atoms with Crippen molar-refractivity contribution in [3.8, 4) is 0 Å². The van der Waals surface area contributed by atoms with Crippen molar-refractivity contribution in [3.05, 3.63) is 71.8 Å². The van der Waals surface area contributed by atoms with Crippen molar-refractivity contribution in [2.75, 3.05) is 45.9 Å². The predicted octanol–water partition coefficient (Wildman–Crippen LogP) is 2.10. The number of piperazine rings is 1. The lowest BCUT2D eigenvalue weighted by atomic mass is 9.96. The van der Waals surface area contributed by atoms with E-state index in [-0.39, 0.29) is 36.7 Å². The van der Waals surface area contributed by atoms with Crippen molar-refractivity contribution in [2.45, 2.75) is 24.6 Å². The number of piperidine rings is 1. The third-order valence-electron chi connectivity index (χ3n) is 6.78. The van der Waals surface area contributed by atoms with Crippen molar-refractivity contribution >= 4 is 11.9 Å². The quantitative estimate of drug-likeness (QED) is 0.804. The average Bonchev–Trinajstić information content (AvgIpc) is 2.85. The van der Waals surface area contributed by atoms with Gasteiger partial charge in [0.2, 0.25) is 5.91 Å². The smallest absolute Gasteiger partial charge is 0.320 e. The zero-order valence-corrected chi connectivity index (χ0v) is 18.2. The molecule has 2 unspecified atom stereocenters. The Hall–Kier alpha value is -2.90. The summed E-state index contributed by atoms with van der Waals surface area (Å²) in [6.45, 7) is 4.35. The van der Waals surface area contributed by atoms with Gasteiger partial charge in [0.15, 0.2) is 0 Å². The third-order valence-corrected chi connectivity index (χ3v) is 6.78. The number of rotatable bonds is 3. The fraction of sp³-hybridized carbons (Fsp3) is 0.440. The Bertz CT molecular complexity index is 891. The molecule has 2 aromatic carbocycles. The minimum Gasteiger partial charge on any atom is -0.366 e. The highest BCUT2D eigenvalue weighted by molar-refractivity contribution is 5.79. The normalized spacial score (nSPS) is 24.2. The summed E-state index contributed by atoms with van der Waals surface area (Å²) in [5.41, 5.74) is 2.54. The maximum absolute atomic E-state index is 13.2. The number of amides is 3. The lowest BCUT2D eigenvalue weighted by molar-refractivity contribution is -0.139. The van der Waals surface area contributed by atoms with Crippen LogP contribution < -0.4 is 5.32 Å². The van der Waals surface area contributed by atoms with Gasteiger partial charge in [-0.15, -0.1) is 0 Å². The lowest BCUT2D eigenvalue weighted by Crippen LogP contribution is -2.63. The highest BCUT2D eigenvalue weighted by atomic mass is 16.5. The van der Waals surface area contributed by atoms with Crippen LogP contribution in [0.3, 0.4) is 0 Å². The first-order valence-corrected chi connectivity index (χ1v) is 11.5. The second-order valence-corrected chi connectivity index (χ2v) is 8.79. The molecule has 0 saturated carbocycles. The molecule has 0 radical (unpaired) electrons. The summed E-state index contributed by atoms with van der Waals surface area (Å²) in [5, 5.41) is 2.98. The van der Waals surface area contributed by atoms with Crippen LogP contribution in [0, 0.1) is 0 Å². The number of hydrogen-bond donors (Lipinski definition) is 1. The molecule has 5 rings (SSSR count). The number of nitrogens with zero attached hydrogens (tertiary/aromatic N) is 3. The minimum atomic E-state index is -0.101. The Labute approximate surface area is 188 Å². The highest BCUT2D eigenvalue weighted by Gasteiger charge is 2.38. The molecule has 0 bridgehead atoms. The molecular weight excluding hydrogens is 404 g/mol. The van der Waals surface area contributed by atoms with Gasteiger partial charge in [-0.2, -0.15) is 0 Å². The monoisotopic (exact) mass is 434 g/mol. The summed E-state index contributed by atoms with van der Waals surface area (Å²) in [7, 11) is 0. The molecule has 3 amide bonds. The number of carbonyl (C=O) groups is 2. The van der Waals surface area contributed by atoms with Gasteiger partial charge in [-0.25, -0.2) is 4.79 Å². The number of carbonyl (C=O) groups excluding carboxylic acids is 2. The Balaban J connectivity index is 1.24. The number of likely N-dealkylation sites (tertiary alicyclic amines) is 1. The van der Waals surface area contributed by atoms with Gasteiger partial charge in [-0.3, -0.25) is 9.69 Å². The molecule has 3 aliphatic heterocycles. The van der Waals surface area contributed by atoms with Crippen molar-refractivity contribution in [3.63, 3.8) is 0 Å². The number of fused-ring (bicyclic) bond motifs is 1. The van der Waals surface area contributed by atoms with Gasteiger partial charge in [-0.1, -0.05) is 60.7 Å². The number of morpholine rings is 1. The molecule has 7 nitrogen and oxygen atoms in total. The van der Waals surface area contributed by atoms with E-state index < -0.39 is 0 Å². The van der Waals surface area contributed by atoms with E-state index in [0.29, 0.717) is 26.2 Å². The van der Waals surface area contributed by atoms with Crippen LogP contribution in [0.1, 0.15) is 23.6 Å². The van der Waals surface area contributed by atoms with Gasteiger partial charge in [0.25, 0.3) is 0 Å². The Morgan fingerprint density at radius 2 is 1.50 bits per heavy atom. The van der Waals surface area contributed by atoms with Crippen molar-refractivity contribution in [2.24, 2.45) is 0 Å². The fourth-order valence-electron chi connectivity index (χ4n) is 5.13. The minimum absolute atomic E-state index is 0.0195. The molecule has 3 saturated heterocycles. The van der Waals surface area contributed by atoms with Gasteiger partial charge in [0.1, 0.15) is 6.61 Å². The van der Waals surface area contributed by atoms with E-state index in [9.17, 15) is 9.59 Å². The number of benzene rings is 2. The largest absolute Gasteiger partial charge is 0.366 e. The third kappa shape index (κ3) is 4.36. The Morgan fingerprint density at radius 1 is 0.875 bits per heavy atom. The summed E-state index contributed by atoms with van der Waals surface area (Å²) in [6, 6.07) is 21.3. The van der Waals surface area contributed by atoms with Gasteiger partial charge in [0.05, 0.1) is 18.2 Å². The molecule has 1 N–H and O–H groups in total. The summed E-state index contributed by atoms with van der Waals surface area (Å²) < 4.78 is 5.62. The van der Waals surface area contributed by atoms with Crippen molar-refractivity contribution < 1.29 is 14.3 Å². The molecule has 168 valence electrons. The van der Waals surface area contributed by atoms with E-state index >= 15 is 0 Å². The lowest BCUT2D eigenvalue weighted by Gasteiger charge is -2.44. The summed E-state index contributed by atoms with van der Waals surface area (Å²) >= 11 is 0. The number of nitrogens with one attached hydrogen (secondary N) is 1. The average molecular weight is 435 g/mol. The maximum atomic E-state index is 13.2. The molecule has 3 fully saturated rings. The predicted molar refractivity (Wildman–Crippen MR) is 121 cm³/mol. The zero-order valence-electron chi connectivity index (χ0n) is 18.2. The van der Waals surface area contributed by atoms with E-state index in [2.05, 4.69) is 58.7 Å². The van der Waals surface area contributed by atoms with Crippen LogP contribution in [0.4, 0.5) is 4.79 Å². The molecule has 2 aromatic rings. The standard InChI is InChI=1S/C25H30N4O3/c30-23-18-32-22-11-12-29(17-21(22)26-23)25(31)28-15-13-27(14-16-28)24(19-7-3-1-4-8-19)20-9-5-2-6-10-20/h1-10,21-22,24H,11-18H2,(H,26,30). The molecule has 3 heterocycles. The molecule has 0 aliphatic carbocycles. The number of ether oxygens (including phenoxy) is 1. The van der Waals surface area contributed by atoms with E-state index in [4.69, 9.17) is 4.74 Å². The van der Waals surface area contributed by atoms with Crippen LogP contribution >= 0.6 is 0 Å². The summed E-state index contributed by atoms with van der Waals surface area (Å²) in [4.78, 5) is 31.2. The van der Waals surface area contributed by atoms with E-state index in [0.717, 1.165) is 19.5 Å². The van der Waals surface area contributed by atoms with Gasteiger partial charge < -0.3 is 19.9 Å². The maximum Gasteiger partial charge on any atom is 0.320 e. The first-order valence-electron chi connectivity index (χ1n) is 11.5. The molecule has 0 spiro atoms. The molecule has 7 heteroatoms. The molecule has 32 heavy (non-hydrogen) atoms. The molecule has 3 aliphatic rings. The SMILES string of the molecule is O=C1COC2CCN(C(=O)N3CCN(C(c4ccccc4)c4ccccc4)CC3)CC2N1. The number of urea groups is 1. The molecule has 0 aromatic heterocycles. The van der Waals surface area contributed by atoms with Crippen molar-refractivity contribution in [1.29, 1.82) is 0 Å². The Morgan fingerprint density at radius 3 is 2.12 bits per heavy atom. The summed E-state index contributed by atoms with van der Waals surface area (Å²) in [6.07, 6.45) is 0.784. The van der Waals surface area contributed by atoms with Gasteiger partial charge in [-0.05, 0) is 17.5 Å².